The monoisotopic (exact) mass is 782 g/mol. The van der Waals surface area contributed by atoms with E-state index in [4.69, 9.17) is 20.5 Å². The highest BCUT2D eigenvalue weighted by molar-refractivity contribution is 7.83. The predicted octanol–water partition coefficient (Wildman–Crippen LogP) is 5.83. The second kappa shape index (κ2) is 16.9. The lowest BCUT2D eigenvalue weighted by Gasteiger charge is -2.52. The summed E-state index contributed by atoms with van der Waals surface area (Å²) in [6.45, 7) is -0.466. The number of urea groups is 1. The van der Waals surface area contributed by atoms with Crippen molar-refractivity contribution in [2.75, 3.05) is 45.9 Å². The molecule has 12 nitrogen and oxygen atoms in total. The quantitative estimate of drug-likeness (QED) is 0.144. The van der Waals surface area contributed by atoms with Gasteiger partial charge in [-0.2, -0.15) is 0 Å². The van der Waals surface area contributed by atoms with Crippen LogP contribution in [0.1, 0.15) is 34.0 Å². The number of hydrogen-bond acceptors (Lipinski definition) is 7. The number of piperazine rings is 1. The van der Waals surface area contributed by atoms with Crippen molar-refractivity contribution < 1.29 is 28.2 Å². The fourth-order valence-electron chi connectivity index (χ4n) is 7.56. The Morgan fingerprint density at radius 3 is 1.87 bits per heavy atom. The van der Waals surface area contributed by atoms with Gasteiger partial charge in [0.05, 0.1) is 18.2 Å². The topological polar surface area (TPSA) is 124 Å². The van der Waals surface area contributed by atoms with Crippen LogP contribution in [-0.2, 0) is 24.2 Å². The van der Waals surface area contributed by atoms with Crippen molar-refractivity contribution in [3.63, 3.8) is 0 Å². The van der Waals surface area contributed by atoms with Crippen LogP contribution in [0.5, 0.6) is 0 Å². The molecule has 0 radical (unpaired) electrons. The largest absolute Gasteiger partial charge is 0.363 e. The molecule has 0 aliphatic carbocycles. The number of amides is 4. The van der Waals surface area contributed by atoms with Crippen LogP contribution in [0.3, 0.4) is 0 Å². The number of morpholine rings is 1. The summed E-state index contributed by atoms with van der Waals surface area (Å²) in [7, 11) is 0. The predicted molar refractivity (Wildman–Crippen MR) is 210 cm³/mol. The third-order valence-corrected chi connectivity index (χ3v) is 12.7. The van der Waals surface area contributed by atoms with Gasteiger partial charge in [-0.1, -0.05) is 109 Å². The standard InChI is InChI=1S/C41H44ClN6O6P/c1-31(49)45-24-26-47(27-25-45)55(42,52)53-30-36-28-46(29-38(54-36)48-23-22-37(44-40(48)51)43-39(50)32-14-6-2-7-15-32)41(33-16-8-3-9-17-33,34-18-10-4-11-19-34)35-20-12-5-13-21-35/h2-23,36-38H,24-30H2,1H3,(H,43,50)(H,44,51). The number of rotatable bonds is 11. The molecular formula is C41H44ClN6O6P. The molecule has 0 spiro atoms. The van der Waals surface area contributed by atoms with Gasteiger partial charge in [-0.15, -0.1) is 0 Å². The second-order valence-electron chi connectivity index (χ2n) is 13.6. The highest BCUT2D eigenvalue weighted by Gasteiger charge is 2.48. The molecule has 4 aromatic carbocycles. The van der Waals surface area contributed by atoms with Gasteiger partial charge in [0.2, 0.25) is 5.91 Å². The number of benzene rings is 4. The van der Waals surface area contributed by atoms with Crippen LogP contribution in [0.4, 0.5) is 4.79 Å². The van der Waals surface area contributed by atoms with Gasteiger partial charge in [-0.25, -0.2) is 9.46 Å². The SMILES string of the molecule is CC(=O)N1CCN(P(=O)(Cl)OCC2CN(C(c3ccccc3)(c3ccccc3)c3ccccc3)CC(N3C=CC(NC(=O)c4ccccc4)NC3=O)O2)CC1. The molecule has 0 aromatic heterocycles. The van der Waals surface area contributed by atoms with E-state index in [0.717, 1.165) is 16.7 Å². The first-order chi connectivity index (χ1) is 26.6. The average molecular weight is 783 g/mol. The van der Waals surface area contributed by atoms with Crippen LogP contribution < -0.4 is 10.6 Å². The van der Waals surface area contributed by atoms with Gasteiger partial charge in [0.25, 0.3) is 5.91 Å². The summed E-state index contributed by atoms with van der Waals surface area (Å²) in [4.78, 5) is 44.1. The van der Waals surface area contributed by atoms with Crippen molar-refractivity contribution in [1.82, 2.24) is 30.0 Å². The Kier molecular flexibility index (Phi) is 11.8. The zero-order valence-electron chi connectivity index (χ0n) is 30.4. The molecule has 0 bridgehead atoms. The number of hydrogen-bond donors (Lipinski definition) is 2. The molecule has 7 rings (SSSR count). The second-order valence-corrected chi connectivity index (χ2v) is 16.7. The molecule has 2 N–H and O–H groups in total. The normalized spacial score (nSPS) is 22.1. The van der Waals surface area contributed by atoms with Gasteiger partial charge in [0.15, 0.2) is 6.23 Å². The van der Waals surface area contributed by atoms with E-state index in [9.17, 15) is 18.9 Å². The maximum atomic E-state index is 13.9. The molecule has 2 saturated heterocycles. The Balaban J connectivity index is 1.22. The van der Waals surface area contributed by atoms with Crippen LogP contribution in [0.25, 0.3) is 0 Å². The highest BCUT2D eigenvalue weighted by Crippen LogP contribution is 2.56. The number of carbonyl (C=O) groups excluding carboxylic acids is 3. The van der Waals surface area contributed by atoms with Gasteiger partial charge >= 0.3 is 12.9 Å². The Hall–Kier alpha value is -4.81. The number of nitrogens with zero attached hydrogens (tertiary/aromatic N) is 4. The molecule has 286 valence electrons. The van der Waals surface area contributed by atoms with Crippen LogP contribution >= 0.6 is 18.1 Å². The smallest absolute Gasteiger partial charge is 0.350 e. The van der Waals surface area contributed by atoms with Gasteiger partial charge in [-0.05, 0) is 46.1 Å². The molecule has 4 unspecified atom stereocenters. The Morgan fingerprint density at radius 2 is 1.36 bits per heavy atom. The lowest BCUT2D eigenvalue weighted by Crippen LogP contribution is -2.64. The van der Waals surface area contributed by atoms with E-state index >= 15 is 0 Å². The Labute approximate surface area is 325 Å². The third-order valence-electron chi connectivity index (χ3n) is 10.2. The van der Waals surface area contributed by atoms with E-state index in [-0.39, 0.29) is 25.0 Å². The van der Waals surface area contributed by atoms with Crippen LogP contribution in [0.2, 0.25) is 0 Å². The van der Waals surface area contributed by atoms with Crippen LogP contribution in [0, 0.1) is 0 Å². The number of carbonyl (C=O) groups is 3. The van der Waals surface area contributed by atoms with Crippen molar-refractivity contribution >= 4 is 36.0 Å². The Morgan fingerprint density at radius 1 is 0.836 bits per heavy atom. The molecule has 0 saturated carbocycles. The summed E-state index contributed by atoms with van der Waals surface area (Å²) < 4.78 is 28.2. The van der Waals surface area contributed by atoms with Crippen molar-refractivity contribution in [2.24, 2.45) is 0 Å². The lowest BCUT2D eigenvalue weighted by molar-refractivity contribution is -0.152. The summed E-state index contributed by atoms with van der Waals surface area (Å²) in [5.74, 6) is -0.376. The van der Waals surface area contributed by atoms with E-state index in [1.165, 1.54) is 11.8 Å². The van der Waals surface area contributed by atoms with E-state index in [0.29, 0.717) is 38.3 Å². The summed E-state index contributed by atoms with van der Waals surface area (Å²) in [5.41, 5.74) is 2.61. The first-order valence-corrected chi connectivity index (χ1v) is 20.8. The first-order valence-electron chi connectivity index (χ1n) is 18.3. The highest BCUT2D eigenvalue weighted by atomic mass is 35.7. The Bertz CT molecular complexity index is 1920. The molecule has 3 aliphatic rings. The van der Waals surface area contributed by atoms with E-state index in [1.807, 2.05) is 60.7 Å². The molecule has 14 heteroatoms. The summed E-state index contributed by atoms with van der Waals surface area (Å²) in [6, 6.07) is 38.9. The molecule has 3 heterocycles. The van der Waals surface area contributed by atoms with Crippen LogP contribution in [-0.4, -0.2) is 102 Å². The molecule has 2 fully saturated rings. The minimum atomic E-state index is -3.82. The van der Waals surface area contributed by atoms with Gasteiger partial charge < -0.3 is 24.8 Å². The molecule has 4 aromatic rings. The summed E-state index contributed by atoms with van der Waals surface area (Å²) >= 11 is 6.65. The van der Waals surface area contributed by atoms with Crippen LogP contribution in [0.15, 0.2) is 134 Å². The lowest BCUT2D eigenvalue weighted by atomic mass is 9.75. The van der Waals surface area contributed by atoms with Crippen molar-refractivity contribution in [1.29, 1.82) is 0 Å². The minimum absolute atomic E-state index is 0.0499. The number of ether oxygens (including phenoxy) is 1. The fourth-order valence-corrected chi connectivity index (χ4v) is 9.35. The molecule has 4 atom stereocenters. The number of halogens is 1. The fraction of sp³-hybridized carbons (Fsp3) is 0.293. The van der Waals surface area contributed by atoms with Crippen molar-refractivity contribution in [2.45, 2.75) is 31.0 Å². The maximum Gasteiger partial charge on any atom is 0.363 e. The first kappa shape index (κ1) is 38.5. The molecule has 3 aliphatic heterocycles. The van der Waals surface area contributed by atoms with Crippen molar-refractivity contribution in [3.8, 4) is 0 Å². The molecule has 55 heavy (non-hydrogen) atoms. The zero-order chi connectivity index (χ0) is 38.4. The molecule has 4 amide bonds. The minimum Gasteiger partial charge on any atom is -0.350 e. The maximum absolute atomic E-state index is 13.9. The van der Waals surface area contributed by atoms with Gasteiger partial charge in [0, 0.05) is 58.0 Å². The van der Waals surface area contributed by atoms with E-state index < -0.39 is 36.9 Å². The molecular weight excluding hydrogens is 739 g/mol. The third kappa shape index (κ3) is 8.40. The van der Waals surface area contributed by atoms with E-state index in [1.54, 1.807) is 46.1 Å². The van der Waals surface area contributed by atoms with Gasteiger partial charge in [0.1, 0.15) is 6.17 Å². The summed E-state index contributed by atoms with van der Waals surface area (Å²) in [6.07, 6.45) is 1.03. The number of nitrogens with one attached hydrogen (secondary N) is 2. The van der Waals surface area contributed by atoms with E-state index in [2.05, 4.69) is 51.9 Å². The van der Waals surface area contributed by atoms with Crippen molar-refractivity contribution in [3.05, 3.63) is 156 Å². The summed E-state index contributed by atoms with van der Waals surface area (Å²) in [5, 5.41) is 5.72. The zero-order valence-corrected chi connectivity index (χ0v) is 32.1. The average Bonchev–Trinajstić information content (AvgIpc) is 3.22. The van der Waals surface area contributed by atoms with Gasteiger partial charge in [-0.3, -0.25) is 24.0 Å².